The Kier molecular flexibility index (Phi) is 6.41. The van der Waals surface area contributed by atoms with E-state index in [1.54, 1.807) is 35.0 Å². The lowest BCUT2D eigenvalue weighted by Crippen LogP contribution is -2.39. The molecule has 2 aromatic carbocycles. The average Bonchev–Trinajstić information content (AvgIpc) is 3.20. The van der Waals surface area contributed by atoms with Gasteiger partial charge in [0.1, 0.15) is 5.75 Å². The molecular formula is C21H22N4O3. The molecule has 0 radical (unpaired) electrons. The summed E-state index contributed by atoms with van der Waals surface area (Å²) in [4.78, 5) is 25.6. The molecule has 0 spiro atoms. The Bertz CT molecular complexity index is 910. The summed E-state index contributed by atoms with van der Waals surface area (Å²) in [6.45, 7) is 0.188. The van der Waals surface area contributed by atoms with Gasteiger partial charge in [0.05, 0.1) is 18.4 Å². The van der Waals surface area contributed by atoms with Crippen LogP contribution >= 0.6 is 0 Å². The van der Waals surface area contributed by atoms with Crippen LogP contribution in [0.15, 0.2) is 73.1 Å². The zero-order valence-electron chi connectivity index (χ0n) is 15.6. The second-order valence-corrected chi connectivity index (χ2v) is 6.26. The number of benzene rings is 2. The van der Waals surface area contributed by atoms with Gasteiger partial charge in [-0.05, 0) is 24.3 Å². The highest BCUT2D eigenvalue weighted by Gasteiger charge is 2.12. The van der Waals surface area contributed by atoms with Crippen molar-refractivity contribution >= 4 is 11.8 Å². The van der Waals surface area contributed by atoms with Crippen molar-refractivity contribution in [3.05, 3.63) is 78.6 Å². The van der Waals surface area contributed by atoms with Crippen molar-refractivity contribution < 1.29 is 14.3 Å². The topological polar surface area (TPSA) is 76.5 Å². The summed E-state index contributed by atoms with van der Waals surface area (Å²) in [7, 11) is 1.69. The number of nitrogens with one attached hydrogen (secondary N) is 1. The predicted molar refractivity (Wildman–Crippen MR) is 105 cm³/mol. The maximum Gasteiger partial charge on any atom is 0.258 e. The van der Waals surface area contributed by atoms with Crippen molar-refractivity contribution in [3.8, 4) is 11.4 Å². The Balaban J connectivity index is 1.43. The molecule has 1 heterocycles. The van der Waals surface area contributed by atoms with Gasteiger partial charge >= 0.3 is 0 Å². The van der Waals surface area contributed by atoms with Crippen molar-refractivity contribution in [2.75, 3.05) is 20.2 Å². The number of aromatic nitrogens is 2. The normalized spacial score (nSPS) is 10.3. The van der Waals surface area contributed by atoms with E-state index in [4.69, 9.17) is 4.74 Å². The maximum atomic E-state index is 12.2. The Morgan fingerprint density at radius 1 is 1.07 bits per heavy atom. The molecule has 7 nitrogen and oxygen atoms in total. The lowest BCUT2D eigenvalue weighted by molar-refractivity contribution is -0.132. The van der Waals surface area contributed by atoms with Crippen LogP contribution in [-0.2, 0) is 16.1 Å². The minimum Gasteiger partial charge on any atom is -0.484 e. The molecule has 3 aromatic rings. The molecule has 0 bridgehead atoms. The number of carbonyl (C=O) groups excluding carboxylic acids is 2. The number of likely N-dealkylation sites (N-methyl/N-ethyl adjacent to an activating group) is 1. The summed E-state index contributed by atoms with van der Waals surface area (Å²) in [6, 6.07) is 18.8. The third-order valence-electron chi connectivity index (χ3n) is 4.05. The van der Waals surface area contributed by atoms with Crippen LogP contribution in [0.5, 0.6) is 5.75 Å². The fourth-order valence-electron chi connectivity index (χ4n) is 2.55. The lowest BCUT2D eigenvalue weighted by Gasteiger charge is -2.16. The van der Waals surface area contributed by atoms with E-state index in [9.17, 15) is 9.59 Å². The van der Waals surface area contributed by atoms with E-state index in [-0.39, 0.29) is 25.0 Å². The molecule has 0 unspecified atom stereocenters. The summed E-state index contributed by atoms with van der Waals surface area (Å²) < 4.78 is 7.11. The molecule has 144 valence electrons. The second-order valence-electron chi connectivity index (χ2n) is 6.26. The number of hydrogen-bond acceptors (Lipinski definition) is 4. The molecule has 2 amide bonds. The van der Waals surface area contributed by atoms with Gasteiger partial charge in [-0.15, -0.1) is 0 Å². The Morgan fingerprint density at radius 3 is 2.46 bits per heavy atom. The Hall–Kier alpha value is -3.61. The molecular weight excluding hydrogens is 356 g/mol. The van der Waals surface area contributed by atoms with E-state index in [1.807, 2.05) is 54.7 Å². The van der Waals surface area contributed by atoms with Crippen molar-refractivity contribution in [1.29, 1.82) is 0 Å². The van der Waals surface area contributed by atoms with Gasteiger partial charge in [-0.3, -0.25) is 9.59 Å². The van der Waals surface area contributed by atoms with Crippen LogP contribution in [0.4, 0.5) is 0 Å². The van der Waals surface area contributed by atoms with Gasteiger partial charge in [0, 0.05) is 25.4 Å². The zero-order valence-corrected chi connectivity index (χ0v) is 15.6. The Morgan fingerprint density at radius 2 is 1.75 bits per heavy atom. The molecule has 0 saturated carbocycles. The third-order valence-corrected chi connectivity index (χ3v) is 4.05. The van der Waals surface area contributed by atoms with Crippen molar-refractivity contribution in [1.82, 2.24) is 20.0 Å². The third kappa shape index (κ3) is 5.44. The largest absolute Gasteiger partial charge is 0.484 e. The van der Waals surface area contributed by atoms with E-state index in [2.05, 4.69) is 10.4 Å². The summed E-state index contributed by atoms with van der Waals surface area (Å²) >= 11 is 0. The number of hydrogen-bond donors (Lipinski definition) is 1. The van der Waals surface area contributed by atoms with Crippen LogP contribution in [0, 0.1) is 0 Å². The van der Waals surface area contributed by atoms with Gasteiger partial charge < -0.3 is 15.0 Å². The minimum absolute atomic E-state index is 0.0830. The van der Waals surface area contributed by atoms with E-state index >= 15 is 0 Å². The first-order chi connectivity index (χ1) is 13.6. The van der Waals surface area contributed by atoms with Gasteiger partial charge in [-0.1, -0.05) is 36.4 Å². The van der Waals surface area contributed by atoms with Gasteiger partial charge in [0.15, 0.2) is 6.61 Å². The molecule has 28 heavy (non-hydrogen) atoms. The van der Waals surface area contributed by atoms with Crippen LogP contribution in [-0.4, -0.2) is 46.7 Å². The molecule has 0 aliphatic heterocycles. The van der Waals surface area contributed by atoms with Crippen LogP contribution in [0.2, 0.25) is 0 Å². The highest BCUT2D eigenvalue weighted by Crippen LogP contribution is 2.09. The Labute approximate surface area is 163 Å². The summed E-state index contributed by atoms with van der Waals surface area (Å²) in [5.41, 5.74) is 1.85. The molecule has 0 aliphatic rings. The van der Waals surface area contributed by atoms with Crippen LogP contribution in [0.1, 0.15) is 5.56 Å². The molecule has 0 fully saturated rings. The predicted octanol–water partition coefficient (Wildman–Crippen LogP) is 2.03. The van der Waals surface area contributed by atoms with E-state index in [0.29, 0.717) is 12.3 Å². The summed E-state index contributed by atoms with van der Waals surface area (Å²) in [5, 5.41) is 6.89. The quantitative estimate of drug-likeness (QED) is 0.651. The number of ether oxygens (including phenoxy) is 1. The van der Waals surface area contributed by atoms with Gasteiger partial charge in [0.25, 0.3) is 5.91 Å². The maximum absolute atomic E-state index is 12.2. The number of rotatable bonds is 8. The first-order valence-corrected chi connectivity index (χ1v) is 8.89. The first-order valence-electron chi connectivity index (χ1n) is 8.89. The molecule has 1 aromatic heterocycles. The SMILES string of the molecule is CN(Cc1cnn(-c2ccccc2)c1)C(=O)CNC(=O)COc1ccccc1. The second kappa shape index (κ2) is 9.36. The number of carbonyl (C=O) groups is 2. The highest BCUT2D eigenvalue weighted by molar-refractivity contribution is 5.85. The van der Waals surface area contributed by atoms with E-state index < -0.39 is 0 Å². The fraction of sp³-hybridized carbons (Fsp3) is 0.190. The standard InChI is InChI=1S/C21H22N4O3/c1-24(14-17-12-23-25(15-17)18-8-4-2-5-9-18)21(27)13-22-20(26)16-28-19-10-6-3-7-11-19/h2-12,15H,13-14,16H2,1H3,(H,22,26). The number of amides is 2. The van der Waals surface area contributed by atoms with Crippen molar-refractivity contribution in [2.45, 2.75) is 6.54 Å². The molecule has 1 N–H and O–H groups in total. The van der Waals surface area contributed by atoms with Gasteiger partial charge in [-0.25, -0.2) is 4.68 Å². The lowest BCUT2D eigenvalue weighted by atomic mass is 10.3. The highest BCUT2D eigenvalue weighted by atomic mass is 16.5. The molecule has 0 atom stereocenters. The molecule has 7 heteroatoms. The van der Waals surface area contributed by atoms with Gasteiger partial charge in [0.2, 0.25) is 5.91 Å². The monoisotopic (exact) mass is 378 g/mol. The molecule has 0 aliphatic carbocycles. The molecule has 3 rings (SSSR count). The first kappa shape index (κ1) is 19.2. The van der Waals surface area contributed by atoms with E-state index in [0.717, 1.165) is 11.3 Å². The van der Waals surface area contributed by atoms with Gasteiger partial charge in [-0.2, -0.15) is 5.10 Å². The number of nitrogens with zero attached hydrogens (tertiary/aromatic N) is 3. The van der Waals surface area contributed by atoms with Crippen molar-refractivity contribution in [2.24, 2.45) is 0 Å². The average molecular weight is 378 g/mol. The van der Waals surface area contributed by atoms with Crippen LogP contribution < -0.4 is 10.1 Å². The minimum atomic E-state index is -0.345. The smallest absolute Gasteiger partial charge is 0.258 e. The van der Waals surface area contributed by atoms with E-state index in [1.165, 1.54) is 0 Å². The van der Waals surface area contributed by atoms with Crippen LogP contribution in [0.25, 0.3) is 5.69 Å². The van der Waals surface area contributed by atoms with Crippen molar-refractivity contribution in [3.63, 3.8) is 0 Å². The molecule has 0 saturated heterocycles. The summed E-state index contributed by atoms with van der Waals surface area (Å²) in [5.74, 6) is 0.0690. The zero-order chi connectivity index (χ0) is 19.8. The summed E-state index contributed by atoms with van der Waals surface area (Å²) in [6.07, 6.45) is 3.61. The fourth-order valence-corrected chi connectivity index (χ4v) is 2.55. The van der Waals surface area contributed by atoms with Crippen LogP contribution in [0.3, 0.4) is 0 Å². The number of para-hydroxylation sites is 2.